The Labute approximate surface area is 87.7 Å². The van der Waals surface area contributed by atoms with Crippen molar-refractivity contribution in [3.8, 4) is 0 Å². The second-order valence-corrected chi connectivity index (χ2v) is 3.92. The minimum absolute atomic E-state index is 1.09. The molecular formula is C14H20. The Bertz CT molecular complexity index is 345. The molecule has 0 atom stereocenters. The van der Waals surface area contributed by atoms with E-state index in [4.69, 9.17) is 0 Å². The molecule has 0 radical (unpaired) electrons. The topological polar surface area (TPSA) is 0 Å². The van der Waals surface area contributed by atoms with Crippen LogP contribution in [0.1, 0.15) is 43.0 Å². The highest BCUT2D eigenvalue weighted by molar-refractivity contribution is 5.66. The summed E-state index contributed by atoms with van der Waals surface area (Å²) in [6.45, 7) is 12.7. The van der Waals surface area contributed by atoms with E-state index in [9.17, 15) is 0 Å². The molecule has 0 aliphatic rings. The first-order valence-electron chi connectivity index (χ1n) is 5.38. The Morgan fingerprint density at radius 2 is 1.71 bits per heavy atom. The van der Waals surface area contributed by atoms with Gasteiger partial charge in [-0.2, -0.15) is 0 Å². The zero-order valence-electron chi connectivity index (χ0n) is 9.78. The van der Waals surface area contributed by atoms with E-state index in [1.165, 1.54) is 27.8 Å². The standard InChI is InChI=1S/C14H20/c1-6-12-9-14(10(3)4)13(7-2)8-11(12)5/h8-9H,3,6-7H2,1-2,4-5H3. The van der Waals surface area contributed by atoms with Gasteiger partial charge in [-0.15, -0.1) is 0 Å². The fraction of sp³-hybridized carbons (Fsp3) is 0.429. The molecule has 0 saturated carbocycles. The van der Waals surface area contributed by atoms with Crippen LogP contribution in [0.3, 0.4) is 0 Å². The highest BCUT2D eigenvalue weighted by Crippen LogP contribution is 2.23. The van der Waals surface area contributed by atoms with Gasteiger partial charge in [0.25, 0.3) is 0 Å². The minimum Gasteiger partial charge on any atom is -0.0955 e. The summed E-state index contributed by atoms with van der Waals surface area (Å²) in [5.41, 5.74) is 6.80. The molecule has 0 nitrogen and oxygen atoms in total. The third-order valence-electron chi connectivity index (χ3n) is 2.78. The van der Waals surface area contributed by atoms with E-state index in [-0.39, 0.29) is 0 Å². The first-order valence-corrected chi connectivity index (χ1v) is 5.38. The van der Waals surface area contributed by atoms with Gasteiger partial charge >= 0.3 is 0 Å². The predicted molar refractivity (Wildman–Crippen MR) is 64.6 cm³/mol. The molecule has 14 heavy (non-hydrogen) atoms. The number of allylic oxidation sites excluding steroid dienone is 1. The Morgan fingerprint density at radius 1 is 1.14 bits per heavy atom. The van der Waals surface area contributed by atoms with Crippen molar-refractivity contribution in [2.75, 3.05) is 0 Å². The lowest BCUT2D eigenvalue weighted by Gasteiger charge is -2.12. The molecule has 0 bridgehead atoms. The molecule has 0 unspecified atom stereocenters. The van der Waals surface area contributed by atoms with Gasteiger partial charge in [0.2, 0.25) is 0 Å². The van der Waals surface area contributed by atoms with Gasteiger partial charge < -0.3 is 0 Å². The Balaban J connectivity index is 3.32. The molecule has 0 heteroatoms. The van der Waals surface area contributed by atoms with E-state index < -0.39 is 0 Å². The van der Waals surface area contributed by atoms with Crippen molar-refractivity contribution in [3.63, 3.8) is 0 Å². The van der Waals surface area contributed by atoms with Crippen LogP contribution < -0.4 is 0 Å². The van der Waals surface area contributed by atoms with Crippen LogP contribution in [0.4, 0.5) is 0 Å². The summed E-state index contributed by atoms with van der Waals surface area (Å²) in [5, 5.41) is 0. The number of benzene rings is 1. The maximum Gasteiger partial charge on any atom is -0.0198 e. The van der Waals surface area contributed by atoms with Gasteiger partial charge in [0, 0.05) is 0 Å². The summed E-state index contributed by atoms with van der Waals surface area (Å²) in [5.74, 6) is 0. The first-order chi connectivity index (χ1) is 6.60. The average molecular weight is 188 g/mol. The summed E-state index contributed by atoms with van der Waals surface area (Å²) in [7, 11) is 0. The van der Waals surface area contributed by atoms with Crippen LogP contribution in [0.25, 0.3) is 5.57 Å². The molecule has 1 aromatic rings. The van der Waals surface area contributed by atoms with Gasteiger partial charge in [0.1, 0.15) is 0 Å². The molecule has 0 N–H and O–H groups in total. The van der Waals surface area contributed by atoms with Gasteiger partial charge in [-0.3, -0.25) is 0 Å². The second-order valence-electron chi connectivity index (χ2n) is 3.92. The van der Waals surface area contributed by atoms with E-state index in [0.29, 0.717) is 0 Å². The van der Waals surface area contributed by atoms with Gasteiger partial charge in [0.05, 0.1) is 0 Å². The fourth-order valence-corrected chi connectivity index (χ4v) is 1.88. The first kappa shape index (κ1) is 11.0. The van der Waals surface area contributed by atoms with E-state index >= 15 is 0 Å². The molecule has 1 rings (SSSR count). The zero-order chi connectivity index (χ0) is 10.7. The van der Waals surface area contributed by atoms with Crippen molar-refractivity contribution >= 4 is 5.57 Å². The average Bonchev–Trinajstić information content (AvgIpc) is 2.16. The lowest BCUT2D eigenvalue weighted by molar-refractivity contribution is 1.06. The van der Waals surface area contributed by atoms with Crippen molar-refractivity contribution in [2.24, 2.45) is 0 Å². The van der Waals surface area contributed by atoms with Crippen molar-refractivity contribution in [1.82, 2.24) is 0 Å². The van der Waals surface area contributed by atoms with E-state index in [1.54, 1.807) is 0 Å². The summed E-state index contributed by atoms with van der Waals surface area (Å²) in [6, 6.07) is 4.61. The van der Waals surface area contributed by atoms with Gasteiger partial charge in [0.15, 0.2) is 0 Å². The maximum absolute atomic E-state index is 4.04. The van der Waals surface area contributed by atoms with Crippen LogP contribution in [0.15, 0.2) is 18.7 Å². The molecule has 0 saturated heterocycles. The van der Waals surface area contributed by atoms with Crippen molar-refractivity contribution in [2.45, 2.75) is 40.5 Å². The van der Waals surface area contributed by atoms with Gasteiger partial charge in [-0.1, -0.05) is 38.1 Å². The monoisotopic (exact) mass is 188 g/mol. The minimum atomic E-state index is 1.09. The Kier molecular flexibility index (Phi) is 3.51. The number of hydrogen-bond acceptors (Lipinski definition) is 0. The Hall–Kier alpha value is -1.04. The number of hydrogen-bond donors (Lipinski definition) is 0. The highest BCUT2D eigenvalue weighted by atomic mass is 14.1. The van der Waals surface area contributed by atoms with E-state index in [0.717, 1.165) is 12.8 Å². The molecular weight excluding hydrogens is 168 g/mol. The summed E-state index contributed by atoms with van der Waals surface area (Å²) < 4.78 is 0. The van der Waals surface area contributed by atoms with Crippen LogP contribution >= 0.6 is 0 Å². The fourth-order valence-electron chi connectivity index (χ4n) is 1.88. The summed E-state index contributed by atoms with van der Waals surface area (Å²) in [4.78, 5) is 0. The molecule has 76 valence electrons. The zero-order valence-corrected chi connectivity index (χ0v) is 9.78. The normalized spacial score (nSPS) is 10.3. The molecule has 1 aromatic carbocycles. The second kappa shape index (κ2) is 4.45. The van der Waals surface area contributed by atoms with Crippen LogP contribution in [-0.2, 0) is 12.8 Å². The van der Waals surface area contributed by atoms with Gasteiger partial charge in [-0.25, -0.2) is 0 Å². The lowest BCUT2D eigenvalue weighted by Crippen LogP contribution is -1.95. The van der Waals surface area contributed by atoms with E-state index in [2.05, 4.69) is 46.4 Å². The molecule has 0 aliphatic carbocycles. The lowest BCUT2D eigenvalue weighted by atomic mass is 9.93. The quantitative estimate of drug-likeness (QED) is 0.668. The highest BCUT2D eigenvalue weighted by Gasteiger charge is 2.05. The molecule has 0 aromatic heterocycles. The Morgan fingerprint density at radius 3 is 2.14 bits per heavy atom. The molecule has 0 heterocycles. The molecule has 0 amide bonds. The molecule has 0 fully saturated rings. The van der Waals surface area contributed by atoms with E-state index in [1.807, 2.05) is 0 Å². The van der Waals surface area contributed by atoms with Gasteiger partial charge in [-0.05, 0) is 48.9 Å². The largest absolute Gasteiger partial charge is 0.0955 e. The number of aryl methyl sites for hydroxylation is 3. The van der Waals surface area contributed by atoms with Crippen molar-refractivity contribution in [1.29, 1.82) is 0 Å². The predicted octanol–water partition coefficient (Wildman–Crippen LogP) is 4.15. The van der Waals surface area contributed by atoms with Crippen LogP contribution in [0, 0.1) is 6.92 Å². The molecule has 0 spiro atoms. The summed E-state index contributed by atoms with van der Waals surface area (Å²) in [6.07, 6.45) is 2.20. The SMILES string of the molecule is C=C(C)c1cc(CC)c(C)cc1CC. The van der Waals surface area contributed by atoms with Crippen LogP contribution in [0.2, 0.25) is 0 Å². The van der Waals surface area contributed by atoms with Crippen LogP contribution in [-0.4, -0.2) is 0 Å². The maximum atomic E-state index is 4.04. The summed E-state index contributed by atoms with van der Waals surface area (Å²) >= 11 is 0. The van der Waals surface area contributed by atoms with Crippen molar-refractivity contribution < 1.29 is 0 Å². The number of rotatable bonds is 3. The molecule has 0 aliphatic heterocycles. The van der Waals surface area contributed by atoms with Crippen molar-refractivity contribution in [3.05, 3.63) is 41.0 Å². The third kappa shape index (κ3) is 2.06. The smallest absolute Gasteiger partial charge is 0.0198 e. The van der Waals surface area contributed by atoms with Crippen LogP contribution in [0.5, 0.6) is 0 Å². The third-order valence-corrected chi connectivity index (χ3v) is 2.78.